The van der Waals surface area contributed by atoms with Gasteiger partial charge in [0.25, 0.3) is 5.91 Å². The summed E-state index contributed by atoms with van der Waals surface area (Å²) in [6, 6.07) is 6.87. The minimum atomic E-state index is -0.849. The van der Waals surface area contributed by atoms with Crippen molar-refractivity contribution in [2.24, 2.45) is 16.3 Å². The molecule has 1 atom stereocenters. The molecule has 6 nitrogen and oxygen atoms in total. The number of carbonyl (C=O) groups is 1. The van der Waals surface area contributed by atoms with E-state index >= 15 is 0 Å². The molecule has 1 fully saturated rings. The molecule has 1 amide bonds. The number of amides is 1. The number of ether oxygens (including phenoxy) is 3. The van der Waals surface area contributed by atoms with Crippen LogP contribution in [0.25, 0.3) is 0 Å². The van der Waals surface area contributed by atoms with Gasteiger partial charge in [0.2, 0.25) is 0 Å². The number of amidine groups is 1. The molecule has 1 unspecified atom stereocenters. The molecule has 3 aliphatic rings. The van der Waals surface area contributed by atoms with Gasteiger partial charge in [0.05, 0.1) is 25.9 Å². The summed E-state index contributed by atoms with van der Waals surface area (Å²) in [6.07, 6.45) is 7.19. The third-order valence-corrected chi connectivity index (χ3v) is 9.12. The van der Waals surface area contributed by atoms with Crippen LogP contribution in [0, 0.1) is 11.3 Å². The van der Waals surface area contributed by atoms with Crippen molar-refractivity contribution >= 4 is 22.8 Å². The molecular weight excluding hydrogens is 460 g/mol. The Kier molecular flexibility index (Phi) is 8.62. The summed E-state index contributed by atoms with van der Waals surface area (Å²) in [5.74, 6) is 1.54. The van der Waals surface area contributed by atoms with E-state index in [4.69, 9.17) is 19.2 Å². The lowest BCUT2D eigenvalue weighted by molar-refractivity contribution is -0.138. The summed E-state index contributed by atoms with van der Waals surface area (Å²) < 4.78 is 16.4. The zero-order chi connectivity index (χ0) is 25.1. The number of benzene rings is 1. The molecule has 0 saturated heterocycles. The number of aryl methyl sites for hydroxylation is 1. The molecule has 2 aliphatic carbocycles. The van der Waals surface area contributed by atoms with Crippen molar-refractivity contribution in [2.45, 2.75) is 70.4 Å². The first-order chi connectivity index (χ1) is 16.9. The van der Waals surface area contributed by atoms with Crippen molar-refractivity contribution in [1.82, 2.24) is 4.90 Å². The van der Waals surface area contributed by atoms with Gasteiger partial charge in [0.15, 0.2) is 10.7 Å². The Morgan fingerprint density at radius 3 is 2.54 bits per heavy atom. The van der Waals surface area contributed by atoms with E-state index in [1.807, 2.05) is 4.90 Å². The lowest BCUT2D eigenvalue weighted by Crippen LogP contribution is -2.52. The molecule has 0 N–H and O–H groups in total. The van der Waals surface area contributed by atoms with E-state index in [-0.39, 0.29) is 17.4 Å². The van der Waals surface area contributed by atoms with Gasteiger partial charge in [0.1, 0.15) is 0 Å². The number of carbonyl (C=O) groups excluding carboxylic acids is 1. The largest absolute Gasteiger partial charge is 0.384 e. The highest BCUT2D eigenvalue weighted by atomic mass is 32.2. The predicted octanol–water partition coefficient (Wildman–Crippen LogP) is 4.83. The van der Waals surface area contributed by atoms with Gasteiger partial charge in [-0.2, -0.15) is 0 Å². The summed E-state index contributed by atoms with van der Waals surface area (Å²) in [5, 5.41) is 0.817. The quantitative estimate of drug-likeness (QED) is 0.429. The van der Waals surface area contributed by atoms with E-state index in [0.717, 1.165) is 61.4 Å². The van der Waals surface area contributed by atoms with Crippen LogP contribution in [-0.2, 0) is 37.4 Å². The van der Waals surface area contributed by atoms with Gasteiger partial charge >= 0.3 is 0 Å². The van der Waals surface area contributed by atoms with Crippen LogP contribution in [0.5, 0.6) is 0 Å². The molecule has 1 saturated carbocycles. The summed E-state index contributed by atoms with van der Waals surface area (Å²) >= 11 is 1.63. The number of methoxy groups -OCH3 is 3. The Morgan fingerprint density at radius 1 is 1.14 bits per heavy atom. The van der Waals surface area contributed by atoms with Crippen LogP contribution in [0.1, 0.15) is 62.6 Å². The van der Waals surface area contributed by atoms with Crippen LogP contribution in [0.15, 0.2) is 23.2 Å². The Labute approximate surface area is 215 Å². The highest BCUT2D eigenvalue weighted by Crippen LogP contribution is 2.62. The number of fused-ring (bicyclic) bond motifs is 3. The summed E-state index contributed by atoms with van der Waals surface area (Å²) in [7, 11) is 5.20. The van der Waals surface area contributed by atoms with Crippen molar-refractivity contribution in [3.63, 3.8) is 0 Å². The second-order valence-corrected chi connectivity index (χ2v) is 11.8. The van der Waals surface area contributed by atoms with Crippen LogP contribution in [0.3, 0.4) is 0 Å². The third kappa shape index (κ3) is 4.94. The molecule has 0 bridgehead atoms. The first-order valence-electron chi connectivity index (χ1n) is 13.1. The Balaban J connectivity index is 1.79. The van der Waals surface area contributed by atoms with Crippen molar-refractivity contribution in [1.29, 1.82) is 0 Å². The zero-order valence-corrected chi connectivity index (χ0v) is 22.9. The highest BCUT2D eigenvalue weighted by molar-refractivity contribution is 8.13. The van der Waals surface area contributed by atoms with Crippen LogP contribution in [0.4, 0.5) is 0 Å². The first-order valence-corrected chi connectivity index (χ1v) is 14.1. The highest BCUT2D eigenvalue weighted by Gasteiger charge is 2.66. The molecule has 194 valence electrons. The van der Waals surface area contributed by atoms with Crippen LogP contribution in [0.2, 0.25) is 0 Å². The van der Waals surface area contributed by atoms with E-state index in [1.165, 1.54) is 11.1 Å². The summed E-state index contributed by atoms with van der Waals surface area (Å²) in [4.78, 5) is 21.8. The molecule has 1 heterocycles. The van der Waals surface area contributed by atoms with Crippen LogP contribution in [-0.4, -0.2) is 68.9 Å². The number of hydrogen-bond acceptors (Lipinski definition) is 6. The molecule has 1 aromatic carbocycles. The van der Waals surface area contributed by atoms with Gasteiger partial charge in [-0.05, 0) is 67.6 Å². The van der Waals surface area contributed by atoms with E-state index in [1.54, 1.807) is 33.1 Å². The Bertz CT molecular complexity index is 926. The predicted molar refractivity (Wildman–Crippen MR) is 142 cm³/mol. The second kappa shape index (κ2) is 11.3. The average molecular weight is 503 g/mol. The molecule has 2 spiro atoms. The van der Waals surface area contributed by atoms with Gasteiger partial charge in [-0.1, -0.05) is 43.8 Å². The molecule has 7 heteroatoms. The molecule has 0 radical (unpaired) electrons. The van der Waals surface area contributed by atoms with E-state index in [9.17, 15) is 4.79 Å². The van der Waals surface area contributed by atoms with Gasteiger partial charge in [-0.15, -0.1) is 0 Å². The first kappa shape index (κ1) is 26.6. The van der Waals surface area contributed by atoms with Crippen molar-refractivity contribution in [3.8, 4) is 0 Å². The van der Waals surface area contributed by atoms with Crippen molar-refractivity contribution in [3.05, 3.63) is 34.9 Å². The second-order valence-electron chi connectivity index (χ2n) is 10.7. The summed E-state index contributed by atoms with van der Waals surface area (Å²) in [6.45, 7) is 6.17. The van der Waals surface area contributed by atoms with Crippen molar-refractivity contribution in [2.75, 3.05) is 46.8 Å². The Morgan fingerprint density at radius 2 is 1.89 bits per heavy atom. The molecule has 4 rings (SSSR count). The van der Waals surface area contributed by atoms with Crippen LogP contribution < -0.4 is 0 Å². The molecule has 0 aromatic heterocycles. The van der Waals surface area contributed by atoms with Gasteiger partial charge < -0.3 is 14.2 Å². The third-order valence-electron chi connectivity index (χ3n) is 8.18. The normalized spacial score (nSPS) is 27.9. The lowest BCUT2D eigenvalue weighted by atomic mass is 9.61. The van der Waals surface area contributed by atoms with Gasteiger partial charge in [0, 0.05) is 32.5 Å². The minimum absolute atomic E-state index is 0.130. The summed E-state index contributed by atoms with van der Waals surface area (Å²) in [5.41, 5.74) is 2.70. The maximum absolute atomic E-state index is 14.5. The van der Waals surface area contributed by atoms with Gasteiger partial charge in [-0.3, -0.25) is 9.69 Å². The smallest absolute Gasteiger partial charge is 0.261 e. The monoisotopic (exact) mass is 502 g/mol. The maximum Gasteiger partial charge on any atom is 0.261 e. The number of thioether (sulfide) groups is 1. The van der Waals surface area contributed by atoms with Crippen LogP contribution >= 0.6 is 11.8 Å². The number of nitrogens with zero attached hydrogens (tertiary/aromatic N) is 2. The van der Waals surface area contributed by atoms with E-state index < -0.39 is 5.54 Å². The Hall–Kier alpha value is -1.41. The maximum atomic E-state index is 14.5. The lowest BCUT2D eigenvalue weighted by Gasteiger charge is -2.45. The number of rotatable bonds is 10. The van der Waals surface area contributed by atoms with E-state index in [0.29, 0.717) is 25.7 Å². The molecular formula is C28H42N2O4S. The van der Waals surface area contributed by atoms with Gasteiger partial charge in [-0.25, -0.2) is 4.99 Å². The fraction of sp³-hybridized carbons (Fsp3) is 0.714. The fourth-order valence-corrected chi connectivity index (χ4v) is 7.15. The van der Waals surface area contributed by atoms with Crippen molar-refractivity contribution < 1.29 is 19.0 Å². The fourth-order valence-electron chi connectivity index (χ4n) is 6.18. The average Bonchev–Trinajstić information content (AvgIpc) is 3.29. The topological polar surface area (TPSA) is 60.4 Å². The number of hydrogen-bond donors (Lipinski definition) is 0. The molecule has 35 heavy (non-hydrogen) atoms. The van der Waals surface area contributed by atoms with E-state index in [2.05, 4.69) is 32.0 Å². The number of aliphatic imine (C=N–C) groups is 1. The SMILES string of the molecule is COCCSC1=NC2(C(=O)N1CCOC)c1cc(CCC(C)C)ccc1C[C@]21CC[C@@H](OC)CC1. The minimum Gasteiger partial charge on any atom is -0.384 e. The standard InChI is InChI=1S/C28H42N2O4S/c1-20(2)6-7-21-8-9-22-19-27(12-10-23(34-5)11-13-27)28(24(22)18-21)25(31)30(14-15-32-3)26(29-28)35-17-16-33-4/h8-9,18,20,23H,6-7,10-17,19H2,1-5H3/t23-,27-,28?. The zero-order valence-electron chi connectivity index (χ0n) is 22.1. The molecule has 1 aliphatic heterocycles. The molecule has 1 aromatic rings.